The van der Waals surface area contributed by atoms with Gasteiger partial charge >= 0.3 is 0 Å². The van der Waals surface area contributed by atoms with Crippen molar-refractivity contribution in [3.05, 3.63) is 54.1 Å². The van der Waals surface area contributed by atoms with Crippen molar-refractivity contribution >= 4 is 0 Å². The molecule has 4 nitrogen and oxygen atoms in total. The van der Waals surface area contributed by atoms with Crippen molar-refractivity contribution in [2.24, 2.45) is 0 Å². The normalized spacial score (nSPS) is 14.2. The van der Waals surface area contributed by atoms with Gasteiger partial charge in [0, 0.05) is 42.7 Å². The second-order valence-electron chi connectivity index (χ2n) is 5.06. The number of hydrogen-bond acceptors (Lipinski definition) is 4. The van der Waals surface area contributed by atoms with E-state index >= 15 is 0 Å². The Hall–Kier alpha value is -1.94. The highest BCUT2D eigenvalue weighted by atomic mass is 16.5. The highest BCUT2D eigenvalue weighted by Crippen LogP contribution is 2.22. The summed E-state index contributed by atoms with van der Waals surface area (Å²) in [6.07, 6.45) is 8.81. The van der Waals surface area contributed by atoms with Gasteiger partial charge in [-0.2, -0.15) is 0 Å². The minimum Gasteiger partial charge on any atom is -0.491 e. The standard InChI is InChI=1S/C16H19N3O/c1-2-8-18-14(3-1)7-10-20-16-12-17-9-6-13(16)11-19-15-4-5-15/h1-3,6,8-9,12,15,19H,4-5,7,10-11H2. The molecule has 1 saturated carbocycles. The van der Waals surface area contributed by atoms with Gasteiger partial charge in [0.25, 0.3) is 0 Å². The van der Waals surface area contributed by atoms with Gasteiger partial charge in [-0.3, -0.25) is 9.97 Å². The van der Waals surface area contributed by atoms with Gasteiger partial charge in [-0.15, -0.1) is 0 Å². The van der Waals surface area contributed by atoms with E-state index in [0.717, 1.165) is 24.4 Å². The molecule has 0 saturated heterocycles. The molecule has 0 aromatic carbocycles. The lowest BCUT2D eigenvalue weighted by Gasteiger charge is -2.11. The maximum atomic E-state index is 5.85. The van der Waals surface area contributed by atoms with Gasteiger partial charge in [-0.1, -0.05) is 6.07 Å². The molecule has 1 N–H and O–H groups in total. The first-order chi connectivity index (χ1) is 9.92. The van der Waals surface area contributed by atoms with Crippen molar-refractivity contribution in [2.75, 3.05) is 6.61 Å². The highest BCUT2D eigenvalue weighted by Gasteiger charge is 2.20. The lowest BCUT2D eigenvalue weighted by atomic mass is 10.2. The van der Waals surface area contributed by atoms with Crippen molar-refractivity contribution in [1.29, 1.82) is 0 Å². The van der Waals surface area contributed by atoms with E-state index < -0.39 is 0 Å². The number of rotatable bonds is 7. The molecule has 0 aliphatic heterocycles. The summed E-state index contributed by atoms with van der Waals surface area (Å²) in [4.78, 5) is 8.44. The quantitative estimate of drug-likeness (QED) is 0.838. The average Bonchev–Trinajstić information content (AvgIpc) is 3.32. The van der Waals surface area contributed by atoms with Crippen LogP contribution in [0.15, 0.2) is 42.9 Å². The zero-order valence-corrected chi connectivity index (χ0v) is 11.5. The Labute approximate surface area is 119 Å². The smallest absolute Gasteiger partial charge is 0.142 e. The molecule has 104 valence electrons. The second kappa shape index (κ2) is 6.48. The summed E-state index contributed by atoms with van der Waals surface area (Å²) in [6, 6.07) is 8.66. The van der Waals surface area contributed by atoms with E-state index in [1.807, 2.05) is 36.7 Å². The summed E-state index contributed by atoms with van der Waals surface area (Å²) in [6.45, 7) is 1.48. The molecule has 0 amide bonds. The van der Waals surface area contributed by atoms with E-state index in [2.05, 4.69) is 15.3 Å². The first-order valence-corrected chi connectivity index (χ1v) is 7.11. The van der Waals surface area contributed by atoms with Gasteiger partial charge in [0.05, 0.1) is 12.8 Å². The van der Waals surface area contributed by atoms with Crippen LogP contribution in [0.25, 0.3) is 0 Å². The summed E-state index contributed by atoms with van der Waals surface area (Å²) in [5.74, 6) is 0.872. The Morgan fingerprint density at radius 2 is 2.15 bits per heavy atom. The minimum absolute atomic E-state index is 0.624. The monoisotopic (exact) mass is 269 g/mol. The predicted octanol–water partition coefficient (Wildman–Crippen LogP) is 2.35. The van der Waals surface area contributed by atoms with E-state index in [1.54, 1.807) is 6.20 Å². The number of aromatic nitrogens is 2. The molecular weight excluding hydrogens is 250 g/mol. The molecule has 0 radical (unpaired) electrons. The molecule has 1 aliphatic rings. The predicted molar refractivity (Wildman–Crippen MR) is 77.5 cm³/mol. The molecule has 0 unspecified atom stereocenters. The molecule has 0 bridgehead atoms. The fourth-order valence-corrected chi connectivity index (χ4v) is 2.04. The number of nitrogens with one attached hydrogen (secondary N) is 1. The summed E-state index contributed by atoms with van der Waals surface area (Å²) in [5.41, 5.74) is 2.22. The summed E-state index contributed by atoms with van der Waals surface area (Å²) < 4.78 is 5.85. The lowest BCUT2D eigenvalue weighted by Crippen LogP contribution is -2.16. The summed E-state index contributed by atoms with van der Waals surface area (Å²) >= 11 is 0. The van der Waals surface area contributed by atoms with Crippen LogP contribution in [0.4, 0.5) is 0 Å². The summed E-state index contributed by atoms with van der Waals surface area (Å²) in [5, 5.41) is 3.50. The third-order valence-electron chi connectivity index (χ3n) is 3.37. The topological polar surface area (TPSA) is 47.0 Å². The Bertz CT molecular complexity index is 540. The minimum atomic E-state index is 0.624. The van der Waals surface area contributed by atoms with Gasteiger partial charge in [0.1, 0.15) is 5.75 Å². The molecule has 1 aliphatic carbocycles. The zero-order chi connectivity index (χ0) is 13.6. The van der Waals surface area contributed by atoms with E-state index in [1.165, 1.54) is 18.4 Å². The van der Waals surface area contributed by atoms with Gasteiger partial charge < -0.3 is 10.1 Å². The average molecular weight is 269 g/mol. The van der Waals surface area contributed by atoms with Crippen LogP contribution in [0.3, 0.4) is 0 Å². The number of pyridine rings is 2. The van der Waals surface area contributed by atoms with Crippen LogP contribution >= 0.6 is 0 Å². The zero-order valence-electron chi connectivity index (χ0n) is 11.5. The Balaban J connectivity index is 1.53. The van der Waals surface area contributed by atoms with Crippen LogP contribution in [-0.2, 0) is 13.0 Å². The number of hydrogen-bond donors (Lipinski definition) is 1. The molecule has 0 atom stereocenters. The van der Waals surface area contributed by atoms with E-state index in [0.29, 0.717) is 12.6 Å². The molecular formula is C16H19N3O. The molecule has 20 heavy (non-hydrogen) atoms. The Kier molecular flexibility index (Phi) is 4.23. The fourth-order valence-electron chi connectivity index (χ4n) is 2.04. The van der Waals surface area contributed by atoms with E-state index in [4.69, 9.17) is 4.74 Å². The largest absolute Gasteiger partial charge is 0.491 e. The molecule has 2 heterocycles. The maximum Gasteiger partial charge on any atom is 0.142 e. The number of ether oxygens (including phenoxy) is 1. The van der Waals surface area contributed by atoms with Crippen molar-refractivity contribution in [1.82, 2.24) is 15.3 Å². The fraction of sp³-hybridized carbons (Fsp3) is 0.375. The van der Waals surface area contributed by atoms with Gasteiger partial charge in [0.15, 0.2) is 0 Å². The Morgan fingerprint density at radius 3 is 2.95 bits per heavy atom. The SMILES string of the molecule is c1ccc(CCOc2cnccc2CNC2CC2)nc1. The van der Waals surface area contributed by atoms with E-state index in [-0.39, 0.29) is 0 Å². The lowest BCUT2D eigenvalue weighted by molar-refractivity contribution is 0.315. The molecule has 2 aromatic rings. The van der Waals surface area contributed by atoms with Crippen LogP contribution in [-0.4, -0.2) is 22.6 Å². The third-order valence-corrected chi connectivity index (χ3v) is 3.37. The van der Waals surface area contributed by atoms with Crippen LogP contribution in [0.1, 0.15) is 24.1 Å². The van der Waals surface area contributed by atoms with Crippen molar-refractivity contribution in [2.45, 2.75) is 31.8 Å². The van der Waals surface area contributed by atoms with Crippen molar-refractivity contribution < 1.29 is 4.74 Å². The molecule has 1 fully saturated rings. The van der Waals surface area contributed by atoms with Crippen LogP contribution in [0, 0.1) is 0 Å². The molecule has 2 aromatic heterocycles. The molecule has 4 heteroatoms. The third kappa shape index (κ3) is 3.78. The van der Waals surface area contributed by atoms with Crippen molar-refractivity contribution in [3.8, 4) is 5.75 Å². The van der Waals surface area contributed by atoms with Crippen molar-refractivity contribution in [3.63, 3.8) is 0 Å². The van der Waals surface area contributed by atoms with E-state index in [9.17, 15) is 0 Å². The van der Waals surface area contributed by atoms with Gasteiger partial charge in [0.2, 0.25) is 0 Å². The van der Waals surface area contributed by atoms with Gasteiger partial charge in [-0.05, 0) is 31.0 Å². The summed E-state index contributed by atoms with van der Waals surface area (Å²) in [7, 11) is 0. The molecule has 3 rings (SSSR count). The van der Waals surface area contributed by atoms with Crippen LogP contribution < -0.4 is 10.1 Å². The Morgan fingerprint density at radius 1 is 1.20 bits per heavy atom. The maximum absolute atomic E-state index is 5.85. The highest BCUT2D eigenvalue weighted by molar-refractivity contribution is 5.29. The molecule has 0 spiro atoms. The van der Waals surface area contributed by atoms with Crippen LogP contribution in [0.2, 0.25) is 0 Å². The van der Waals surface area contributed by atoms with Crippen LogP contribution in [0.5, 0.6) is 5.75 Å². The first kappa shape index (κ1) is 13.1. The second-order valence-corrected chi connectivity index (χ2v) is 5.06. The number of nitrogens with zero attached hydrogens (tertiary/aromatic N) is 2. The first-order valence-electron chi connectivity index (χ1n) is 7.11. The van der Waals surface area contributed by atoms with Gasteiger partial charge in [-0.25, -0.2) is 0 Å².